The van der Waals surface area contributed by atoms with Crippen LogP contribution in [0.2, 0.25) is 0 Å². The highest BCUT2D eigenvalue weighted by atomic mass is 16.5. The number of carbonyl (C=O) groups excluding carboxylic acids is 1. The number of hydrogen-bond acceptors (Lipinski definition) is 3. The van der Waals surface area contributed by atoms with Crippen molar-refractivity contribution in [1.82, 2.24) is 5.32 Å². The van der Waals surface area contributed by atoms with Gasteiger partial charge in [-0.2, -0.15) is 0 Å². The highest BCUT2D eigenvalue weighted by Crippen LogP contribution is 2.17. The van der Waals surface area contributed by atoms with E-state index in [0.717, 1.165) is 12.2 Å². The van der Waals surface area contributed by atoms with Gasteiger partial charge < -0.3 is 15.4 Å². The van der Waals surface area contributed by atoms with Gasteiger partial charge in [-0.05, 0) is 18.6 Å². The van der Waals surface area contributed by atoms with Gasteiger partial charge in [0.25, 0.3) is 5.91 Å². The van der Waals surface area contributed by atoms with E-state index in [2.05, 4.69) is 17.6 Å². The number of unbranched alkanes of at least 4 members (excludes halogenated alkanes) is 3. The lowest BCUT2D eigenvalue weighted by molar-refractivity contribution is -0.122. The van der Waals surface area contributed by atoms with Crippen LogP contribution in [-0.2, 0) is 4.79 Å². The molecule has 1 aromatic carbocycles. The number of anilines is 1. The van der Waals surface area contributed by atoms with Crippen molar-refractivity contribution in [3.05, 3.63) is 24.3 Å². The fourth-order valence-corrected chi connectivity index (χ4v) is 1.70. The van der Waals surface area contributed by atoms with Gasteiger partial charge in [-0.25, -0.2) is 0 Å². The van der Waals surface area contributed by atoms with E-state index >= 15 is 0 Å². The third kappa shape index (κ3) is 6.70. The number of carbonyl (C=O) groups is 1. The van der Waals surface area contributed by atoms with Crippen molar-refractivity contribution in [2.24, 2.45) is 0 Å². The number of benzene rings is 1. The number of likely N-dealkylation sites (N-methyl/N-ethyl adjacent to an activating group) is 1. The Morgan fingerprint density at radius 3 is 2.84 bits per heavy atom. The van der Waals surface area contributed by atoms with Crippen LogP contribution in [0.1, 0.15) is 32.6 Å². The molecule has 1 aromatic rings. The molecule has 0 spiro atoms. The average Bonchev–Trinajstić information content (AvgIpc) is 2.45. The minimum Gasteiger partial charge on any atom is -0.484 e. The number of rotatable bonds is 9. The molecule has 0 aliphatic rings. The zero-order chi connectivity index (χ0) is 13.9. The molecule has 2 N–H and O–H groups in total. The Kier molecular flexibility index (Phi) is 7.47. The molecule has 0 aromatic heterocycles. The van der Waals surface area contributed by atoms with Crippen LogP contribution in [0.4, 0.5) is 5.69 Å². The van der Waals surface area contributed by atoms with Gasteiger partial charge in [0.05, 0.1) is 0 Å². The van der Waals surface area contributed by atoms with Crippen molar-refractivity contribution in [3.8, 4) is 5.75 Å². The van der Waals surface area contributed by atoms with Crippen LogP contribution >= 0.6 is 0 Å². The first-order valence-corrected chi connectivity index (χ1v) is 6.93. The maximum absolute atomic E-state index is 11.1. The van der Waals surface area contributed by atoms with E-state index in [1.165, 1.54) is 25.7 Å². The van der Waals surface area contributed by atoms with Gasteiger partial charge in [0.1, 0.15) is 5.75 Å². The summed E-state index contributed by atoms with van der Waals surface area (Å²) in [6.45, 7) is 3.23. The van der Waals surface area contributed by atoms with E-state index in [1.807, 2.05) is 24.3 Å². The molecule has 0 aliphatic carbocycles. The molecule has 106 valence electrons. The summed E-state index contributed by atoms with van der Waals surface area (Å²) in [5, 5.41) is 5.89. The summed E-state index contributed by atoms with van der Waals surface area (Å²) < 4.78 is 5.39. The predicted octanol–water partition coefficient (Wildman–Crippen LogP) is 2.80. The molecule has 0 bridgehead atoms. The Balaban J connectivity index is 2.33. The fourth-order valence-electron chi connectivity index (χ4n) is 1.70. The van der Waals surface area contributed by atoms with E-state index in [1.54, 1.807) is 7.05 Å². The minimum atomic E-state index is -0.127. The van der Waals surface area contributed by atoms with E-state index in [-0.39, 0.29) is 12.5 Å². The summed E-state index contributed by atoms with van der Waals surface area (Å²) in [5.74, 6) is 0.583. The van der Waals surface area contributed by atoms with Crippen molar-refractivity contribution in [1.29, 1.82) is 0 Å². The van der Waals surface area contributed by atoms with Gasteiger partial charge in [-0.3, -0.25) is 4.79 Å². The molecule has 4 heteroatoms. The lowest BCUT2D eigenvalue weighted by atomic mass is 10.2. The smallest absolute Gasteiger partial charge is 0.257 e. The molecule has 1 rings (SSSR count). The Morgan fingerprint density at radius 2 is 2.11 bits per heavy atom. The fraction of sp³-hybridized carbons (Fsp3) is 0.533. The lowest BCUT2D eigenvalue weighted by Gasteiger charge is -2.09. The monoisotopic (exact) mass is 264 g/mol. The maximum atomic E-state index is 11.1. The molecule has 0 heterocycles. The first kappa shape index (κ1) is 15.3. The normalized spacial score (nSPS) is 10.0. The summed E-state index contributed by atoms with van der Waals surface area (Å²) in [5.41, 5.74) is 1.03. The minimum absolute atomic E-state index is 0.0520. The molecule has 0 fully saturated rings. The predicted molar refractivity (Wildman–Crippen MR) is 78.6 cm³/mol. The van der Waals surface area contributed by atoms with Gasteiger partial charge in [-0.15, -0.1) is 0 Å². The second-order valence-electron chi connectivity index (χ2n) is 4.48. The first-order valence-electron chi connectivity index (χ1n) is 6.93. The molecule has 0 saturated carbocycles. The van der Waals surface area contributed by atoms with Crippen molar-refractivity contribution in [3.63, 3.8) is 0 Å². The van der Waals surface area contributed by atoms with Crippen molar-refractivity contribution < 1.29 is 9.53 Å². The third-order valence-corrected chi connectivity index (χ3v) is 2.84. The van der Waals surface area contributed by atoms with Crippen LogP contribution in [0.5, 0.6) is 5.75 Å². The van der Waals surface area contributed by atoms with Crippen LogP contribution in [0.25, 0.3) is 0 Å². The summed E-state index contributed by atoms with van der Waals surface area (Å²) >= 11 is 0. The SMILES string of the molecule is CCCCCCNc1cccc(OCC(=O)NC)c1. The Labute approximate surface area is 115 Å². The topological polar surface area (TPSA) is 50.4 Å². The van der Waals surface area contributed by atoms with E-state index in [9.17, 15) is 4.79 Å². The highest BCUT2D eigenvalue weighted by molar-refractivity contribution is 5.77. The zero-order valence-corrected chi connectivity index (χ0v) is 11.9. The van der Waals surface area contributed by atoms with Crippen LogP contribution in [-0.4, -0.2) is 26.1 Å². The van der Waals surface area contributed by atoms with Gasteiger partial charge in [0.2, 0.25) is 0 Å². The quantitative estimate of drug-likeness (QED) is 0.674. The highest BCUT2D eigenvalue weighted by Gasteiger charge is 2.00. The number of ether oxygens (including phenoxy) is 1. The van der Waals surface area contributed by atoms with E-state index in [4.69, 9.17) is 4.74 Å². The van der Waals surface area contributed by atoms with Crippen LogP contribution in [0.3, 0.4) is 0 Å². The summed E-state index contributed by atoms with van der Waals surface area (Å²) in [4.78, 5) is 11.1. The van der Waals surface area contributed by atoms with Gasteiger partial charge in [-0.1, -0.05) is 32.3 Å². The van der Waals surface area contributed by atoms with Crippen LogP contribution in [0, 0.1) is 0 Å². The van der Waals surface area contributed by atoms with Gasteiger partial charge in [0, 0.05) is 25.3 Å². The van der Waals surface area contributed by atoms with Crippen molar-refractivity contribution in [2.75, 3.05) is 25.5 Å². The van der Waals surface area contributed by atoms with Crippen LogP contribution < -0.4 is 15.4 Å². The van der Waals surface area contributed by atoms with Crippen molar-refractivity contribution >= 4 is 11.6 Å². The Bertz CT molecular complexity index is 380. The number of hydrogen-bond donors (Lipinski definition) is 2. The summed E-state index contributed by atoms with van der Waals surface area (Å²) in [6, 6.07) is 7.70. The van der Waals surface area contributed by atoms with Crippen molar-refractivity contribution in [2.45, 2.75) is 32.6 Å². The van der Waals surface area contributed by atoms with Gasteiger partial charge in [0.15, 0.2) is 6.61 Å². The lowest BCUT2D eigenvalue weighted by Crippen LogP contribution is -2.24. The molecule has 0 saturated heterocycles. The molecule has 0 aliphatic heterocycles. The molecule has 19 heavy (non-hydrogen) atoms. The molecule has 0 unspecified atom stereocenters. The molecular formula is C15H24N2O2. The Hall–Kier alpha value is -1.71. The third-order valence-electron chi connectivity index (χ3n) is 2.84. The summed E-state index contributed by atoms with van der Waals surface area (Å²) in [7, 11) is 1.60. The van der Waals surface area contributed by atoms with Crippen LogP contribution in [0.15, 0.2) is 24.3 Å². The Morgan fingerprint density at radius 1 is 1.26 bits per heavy atom. The number of nitrogens with one attached hydrogen (secondary N) is 2. The van der Waals surface area contributed by atoms with E-state index in [0.29, 0.717) is 5.75 Å². The largest absolute Gasteiger partial charge is 0.484 e. The summed E-state index contributed by atoms with van der Waals surface area (Å²) in [6.07, 6.45) is 4.98. The second-order valence-corrected chi connectivity index (χ2v) is 4.48. The first-order chi connectivity index (χ1) is 9.26. The standard InChI is InChI=1S/C15H24N2O2/c1-3-4-5-6-10-17-13-8-7-9-14(11-13)19-12-15(18)16-2/h7-9,11,17H,3-6,10,12H2,1-2H3,(H,16,18). The number of amides is 1. The average molecular weight is 264 g/mol. The van der Waals surface area contributed by atoms with Gasteiger partial charge >= 0.3 is 0 Å². The maximum Gasteiger partial charge on any atom is 0.257 e. The zero-order valence-electron chi connectivity index (χ0n) is 11.9. The second kappa shape index (κ2) is 9.25. The molecule has 0 atom stereocenters. The molecular weight excluding hydrogens is 240 g/mol. The molecule has 0 radical (unpaired) electrons. The molecule has 1 amide bonds. The van der Waals surface area contributed by atoms with E-state index < -0.39 is 0 Å². The molecule has 4 nitrogen and oxygen atoms in total.